The van der Waals surface area contributed by atoms with Gasteiger partial charge in [0.1, 0.15) is 27.0 Å². The van der Waals surface area contributed by atoms with E-state index in [-0.39, 0.29) is 46.4 Å². The van der Waals surface area contributed by atoms with Crippen LogP contribution in [0, 0.1) is 24.7 Å². The molecule has 0 unspecified atom stereocenters. The molecule has 2 N–H and O–H groups in total. The number of aromatic nitrogens is 6. The molecule has 0 saturated heterocycles. The number of aryl methyl sites for hydroxylation is 3. The van der Waals surface area contributed by atoms with E-state index in [9.17, 15) is 21.6 Å². The Kier molecular flexibility index (Phi) is 29.2. The van der Waals surface area contributed by atoms with E-state index in [4.69, 9.17) is 24.9 Å². The molecule has 22 heteroatoms. The minimum Gasteiger partial charge on any atom is -0.482 e. The van der Waals surface area contributed by atoms with Gasteiger partial charge in [-0.1, -0.05) is 185 Å². The first-order valence-electron chi connectivity index (χ1n) is 35.9. The smallest absolute Gasteiger partial charge is 0.258 e. The molecule has 4 heterocycles. The second kappa shape index (κ2) is 35.8. The average molecular weight is 1380 g/mol. The number of rotatable bonds is 38. The van der Waals surface area contributed by atoms with Crippen LogP contribution in [-0.4, -0.2) is 132 Å². The van der Waals surface area contributed by atoms with Crippen LogP contribution < -0.4 is 24.6 Å². The number of aliphatic imine (C=N–C) groups is 2. The molecule has 2 aromatic heterocycles. The van der Waals surface area contributed by atoms with E-state index in [1.54, 1.807) is 33.6 Å². The lowest BCUT2D eigenvalue weighted by atomic mass is 9.73. The van der Waals surface area contributed by atoms with Crippen molar-refractivity contribution in [2.45, 2.75) is 250 Å². The highest BCUT2D eigenvalue weighted by Gasteiger charge is 2.47. The minimum atomic E-state index is -3.58. The molecule has 5 aromatic rings. The molecule has 20 nitrogen and oxygen atoms in total. The number of fused-ring (bicyclic) bond motifs is 2. The standard InChI is InChI=1S/C41H62N8O4S.C34H56N6O2S/c1-12-14-15-16-17-20-26-54(51,52)47-32-21-18-19-22-33(32)53-28-34(50)43-41(9,10)40(7,8)38-45-44-37-35(36(39(4,5)6)46-49(37)38)42-31-24-23-30(27-29(31)3)48(11)25-13-2;1-8-10-11-12-13-14-15-16-17-18-24-43(41,42)25-19-20-30-36-37-33-31(32(34(4,5)6)38-40(30)33)35-29-22-21-28(26-27(29)3)39(7)23-9-2/h18-19,21-24,27,47H,12-17,20,25-26,28H2,1-11H3,(H,43,50);21-22,26H,8-20,23-25H2,1-7H3. The number of nitrogens with one attached hydrogen (secondary N) is 2. The van der Waals surface area contributed by atoms with E-state index in [1.807, 2.05) is 33.8 Å². The monoisotopic (exact) mass is 1370 g/mol. The number of nitrogens with zero attached hydrogens (tertiary/aromatic N) is 12. The zero-order valence-electron chi connectivity index (χ0n) is 62.3. The zero-order valence-corrected chi connectivity index (χ0v) is 63.9. The molecular weight excluding hydrogens is 1260 g/mol. The predicted molar refractivity (Wildman–Crippen MR) is 403 cm³/mol. The SMILES string of the molecule is CCCCCCCCCCCCS(=O)(=O)CCCc1nnc2n1N=C(C(C)(C)C)C2=Nc1ccc(N(C)CCC)cc1C.CCCCCCCCS(=O)(=O)Nc1ccccc1OCC(=O)NC(C)(C)C(C)(C)c1nnc2n1N=C(C(C)(C)C)C2=Nc1ccc(N(C)CCC)cc1C. The van der Waals surface area contributed by atoms with Gasteiger partial charge in [0.25, 0.3) is 5.91 Å². The normalized spacial score (nSPS) is 14.3. The molecule has 0 aliphatic carbocycles. The van der Waals surface area contributed by atoms with Crippen molar-refractivity contribution in [3.8, 4) is 5.75 Å². The molecule has 0 spiro atoms. The molecule has 0 saturated carbocycles. The topological polar surface area (TPSA) is 236 Å². The molecule has 7 rings (SSSR count). The van der Waals surface area contributed by atoms with Gasteiger partial charge in [0.05, 0.1) is 45.7 Å². The largest absolute Gasteiger partial charge is 0.482 e. The second-order valence-corrected chi connectivity index (χ2v) is 33.9. The molecule has 0 fully saturated rings. The van der Waals surface area contributed by atoms with Crippen LogP contribution in [0.15, 0.2) is 80.9 Å². The highest BCUT2D eigenvalue weighted by atomic mass is 32.2. The number of carbonyl (C=O) groups excluding carboxylic acids is 1. The van der Waals surface area contributed by atoms with Gasteiger partial charge >= 0.3 is 0 Å². The number of sulfone groups is 1. The van der Waals surface area contributed by atoms with E-state index in [2.05, 4.69) is 168 Å². The van der Waals surface area contributed by atoms with Gasteiger partial charge in [-0.3, -0.25) is 9.52 Å². The van der Waals surface area contributed by atoms with Crippen LogP contribution in [0.2, 0.25) is 0 Å². The van der Waals surface area contributed by atoms with Crippen LogP contribution in [0.3, 0.4) is 0 Å². The number of sulfonamides is 1. The number of para-hydroxylation sites is 2. The van der Waals surface area contributed by atoms with Gasteiger partial charge in [0.15, 0.2) is 18.3 Å². The summed E-state index contributed by atoms with van der Waals surface area (Å²) >= 11 is 0. The minimum absolute atomic E-state index is 0.0296. The van der Waals surface area contributed by atoms with E-state index in [0.29, 0.717) is 54.0 Å². The van der Waals surface area contributed by atoms with Gasteiger partial charge in [-0.15, -0.1) is 20.4 Å². The molecule has 97 heavy (non-hydrogen) atoms. The first-order chi connectivity index (χ1) is 45.8. The highest BCUT2D eigenvalue weighted by Crippen LogP contribution is 2.38. The first kappa shape index (κ1) is 79.2. The summed E-state index contributed by atoms with van der Waals surface area (Å²) in [6.45, 7) is 35.1. The second-order valence-electron chi connectivity index (χ2n) is 29.7. The molecule has 3 aromatic carbocycles. The van der Waals surface area contributed by atoms with E-state index < -0.39 is 30.8 Å². The Morgan fingerprint density at radius 1 is 0.546 bits per heavy atom. The maximum absolute atomic E-state index is 13.4. The van der Waals surface area contributed by atoms with Crippen LogP contribution in [0.25, 0.3) is 0 Å². The molecule has 2 aliphatic heterocycles. The molecular formula is C75H118N14O6S2. The number of carbonyl (C=O) groups is 1. The molecule has 0 atom stereocenters. The molecule has 1 amide bonds. The number of hydrogen-bond acceptors (Lipinski definition) is 16. The van der Waals surface area contributed by atoms with Crippen molar-refractivity contribution in [2.75, 3.05) is 65.6 Å². The maximum atomic E-state index is 13.4. The van der Waals surface area contributed by atoms with Gasteiger partial charge < -0.3 is 19.9 Å². The molecule has 0 radical (unpaired) electrons. The quantitative estimate of drug-likeness (QED) is 0.0351. The van der Waals surface area contributed by atoms with Gasteiger partial charge in [0.2, 0.25) is 21.7 Å². The Morgan fingerprint density at radius 3 is 1.49 bits per heavy atom. The Labute approximate surface area is 582 Å². The third-order valence-electron chi connectivity index (χ3n) is 18.4. The maximum Gasteiger partial charge on any atom is 0.258 e. The summed E-state index contributed by atoms with van der Waals surface area (Å²) in [4.78, 5) is 28.1. The Morgan fingerprint density at radius 2 is 1.00 bits per heavy atom. The molecule has 2 aliphatic rings. The predicted octanol–water partition coefficient (Wildman–Crippen LogP) is 16.3. The van der Waals surface area contributed by atoms with Crippen LogP contribution in [0.4, 0.5) is 28.4 Å². The summed E-state index contributed by atoms with van der Waals surface area (Å²) in [5, 5.41) is 31.2. The number of ether oxygens (including phenoxy) is 1. The number of unbranched alkanes of at least 4 members (excludes halogenated alkanes) is 14. The van der Waals surface area contributed by atoms with Crippen molar-refractivity contribution in [3.05, 3.63) is 95.1 Å². The summed E-state index contributed by atoms with van der Waals surface area (Å²) in [5.74, 6) is 2.82. The summed E-state index contributed by atoms with van der Waals surface area (Å²) in [5.41, 5.74) is 7.36. The summed E-state index contributed by atoms with van der Waals surface area (Å²) in [6.07, 6.45) is 21.1. The van der Waals surface area contributed by atoms with Crippen LogP contribution in [0.5, 0.6) is 5.75 Å². The van der Waals surface area contributed by atoms with Crippen LogP contribution in [0.1, 0.15) is 253 Å². The van der Waals surface area contributed by atoms with E-state index >= 15 is 0 Å². The third-order valence-corrected chi connectivity index (χ3v) is 21.6. The Hall–Kier alpha value is -6.81. The lowest BCUT2D eigenvalue weighted by Crippen LogP contribution is -2.57. The fraction of sp³-hybridized carbons (Fsp3) is 0.640. The van der Waals surface area contributed by atoms with Crippen molar-refractivity contribution in [2.24, 2.45) is 31.0 Å². The third kappa shape index (κ3) is 22.6. The number of benzene rings is 3. The van der Waals surface area contributed by atoms with E-state index in [1.165, 1.54) is 50.6 Å². The highest BCUT2D eigenvalue weighted by molar-refractivity contribution is 7.92. The summed E-state index contributed by atoms with van der Waals surface area (Å²) in [6, 6.07) is 19.4. The van der Waals surface area contributed by atoms with Gasteiger partial charge in [-0.05, 0) is 119 Å². The number of amides is 1. The average Bonchev–Trinajstić information content (AvgIpc) is 1.60. The fourth-order valence-corrected chi connectivity index (χ4v) is 14.4. The summed E-state index contributed by atoms with van der Waals surface area (Å²) in [7, 11) is -2.45. The zero-order chi connectivity index (χ0) is 71.4. The van der Waals surface area contributed by atoms with Crippen LogP contribution >= 0.6 is 0 Å². The first-order valence-corrected chi connectivity index (χ1v) is 39.4. The lowest BCUT2D eigenvalue weighted by Gasteiger charge is -2.40. The van der Waals surface area contributed by atoms with Crippen molar-refractivity contribution in [3.63, 3.8) is 0 Å². The Balaban J connectivity index is 0.000000315. The lowest BCUT2D eigenvalue weighted by molar-refractivity contribution is -0.125. The summed E-state index contributed by atoms with van der Waals surface area (Å²) < 4.78 is 63.2. The van der Waals surface area contributed by atoms with Crippen molar-refractivity contribution in [1.82, 2.24) is 35.1 Å². The molecule has 536 valence electrons. The van der Waals surface area contributed by atoms with Crippen LogP contribution in [-0.2, 0) is 36.5 Å². The van der Waals surface area contributed by atoms with Gasteiger partial charge in [-0.2, -0.15) is 19.6 Å². The number of hydrogen-bond donors (Lipinski definition) is 2. The van der Waals surface area contributed by atoms with Gasteiger partial charge in [0, 0.05) is 66.8 Å². The number of anilines is 3. The Bertz CT molecular complexity index is 3750. The van der Waals surface area contributed by atoms with Crippen molar-refractivity contribution < 1.29 is 26.4 Å². The van der Waals surface area contributed by atoms with Crippen molar-refractivity contribution in [1.29, 1.82) is 0 Å². The molecule has 0 bridgehead atoms. The van der Waals surface area contributed by atoms with Crippen molar-refractivity contribution >= 4 is 77.1 Å². The fourth-order valence-electron chi connectivity index (χ4n) is 11.8. The van der Waals surface area contributed by atoms with E-state index in [0.717, 1.165) is 123 Å². The van der Waals surface area contributed by atoms with Gasteiger partial charge in [-0.25, -0.2) is 26.8 Å².